The van der Waals surface area contributed by atoms with Gasteiger partial charge < -0.3 is 15.1 Å². The SMILES string of the molecule is CC(C)C(=O)N1CCN(C(=O)C2(C)CCCCN2)CC1.Cl. The first kappa shape index (κ1) is 18.2. The Morgan fingerprint density at radius 1 is 1.05 bits per heavy atom. The van der Waals surface area contributed by atoms with Crippen LogP contribution in [0.3, 0.4) is 0 Å². The minimum atomic E-state index is -0.400. The zero-order chi connectivity index (χ0) is 14.8. The first-order valence-corrected chi connectivity index (χ1v) is 7.77. The van der Waals surface area contributed by atoms with Crippen molar-refractivity contribution in [3.63, 3.8) is 0 Å². The van der Waals surface area contributed by atoms with Crippen LogP contribution >= 0.6 is 12.4 Å². The van der Waals surface area contributed by atoms with Crippen LogP contribution in [0.15, 0.2) is 0 Å². The van der Waals surface area contributed by atoms with E-state index in [9.17, 15) is 9.59 Å². The van der Waals surface area contributed by atoms with Crippen LogP contribution in [0, 0.1) is 5.92 Å². The average molecular weight is 318 g/mol. The number of hydrogen-bond donors (Lipinski definition) is 1. The van der Waals surface area contributed by atoms with Crippen molar-refractivity contribution >= 4 is 24.2 Å². The second-order valence-electron chi connectivity index (χ2n) is 6.49. The highest BCUT2D eigenvalue weighted by atomic mass is 35.5. The number of halogens is 1. The molecule has 5 nitrogen and oxygen atoms in total. The van der Waals surface area contributed by atoms with Gasteiger partial charge >= 0.3 is 0 Å². The van der Waals surface area contributed by atoms with Gasteiger partial charge in [-0.05, 0) is 32.7 Å². The lowest BCUT2D eigenvalue weighted by atomic mass is 9.89. The fourth-order valence-corrected chi connectivity index (χ4v) is 3.08. The van der Waals surface area contributed by atoms with E-state index in [1.165, 1.54) is 0 Å². The van der Waals surface area contributed by atoms with Crippen LogP contribution in [0.2, 0.25) is 0 Å². The quantitative estimate of drug-likeness (QED) is 0.834. The third kappa shape index (κ3) is 4.10. The second kappa shape index (κ2) is 7.45. The van der Waals surface area contributed by atoms with Gasteiger partial charge in [0.15, 0.2) is 0 Å². The Kier molecular flexibility index (Phi) is 6.47. The molecule has 1 N–H and O–H groups in total. The monoisotopic (exact) mass is 317 g/mol. The Balaban J connectivity index is 0.00000220. The van der Waals surface area contributed by atoms with Gasteiger partial charge in [0, 0.05) is 32.1 Å². The maximum atomic E-state index is 12.6. The van der Waals surface area contributed by atoms with Gasteiger partial charge in [0.2, 0.25) is 11.8 Å². The highest BCUT2D eigenvalue weighted by molar-refractivity contribution is 5.86. The number of piperidine rings is 1. The predicted octanol–water partition coefficient (Wildman–Crippen LogP) is 1.27. The number of amides is 2. The van der Waals surface area contributed by atoms with Crippen LogP contribution in [-0.2, 0) is 9.59 Å². The number of nitrogens with one attached hydrogen (secondary N) is 1. The summed E-state index contributed by atoms with van der Waals surface area (Å²) in [6.07, 6.45) is 3.18. The third-order valence-electron chi connectivity index (χ3n) is 4.46. The zero-order valence-corrected chi connectivity index (χ0v) is 14.2. The van der Waals surface area contributed by atoms with Crippen molar-refractivity contribution in [2.75, 3.05) is 32.7 Å². The molecular formula is C15H28ClN3O2. The molecule has 0 aliphatic carbocycles. The third-order valence-corrected chi connectivity index (χ3v) is 4.46. The standard InChI is InChI=1S/C15H27N3O2.ClH/c1-12(2)13(19)17-8-10-18(11-9-17)14(20)15(3)6-4-5-7-16-15;/h12,16H,4-11H2,1-3H3;1H. The Labute approximate surface area is 133 Å². The van der Waals surface area contributed by atoms with Crippen molar-refractivity contribution in [1.82, 2.24) is 15.1 Å². The first-order valence-electron chi connectivity index (χ1n) is 7.77. The average Bonchev–Trinajstić information content (AvgIpc) is 2.46. The van der Waals surface area contributed by atoms with Crippen LogP contribution in [0.25, 0.3) is 0 Å². The summed E-state index contributed by atoms with van der Waals surface area (Å²) in [6.45, 7) is 9.44. The van der Waals surface area contributed by atoms with E-state index in [1.54, 1.807) is 0 Å². The van der Waals surface area contributed by atoms with Gasteiger partial charge in [0.05, 0.1) is 5.54 Å². The molecule has 6 heteroatoms. The van der Waals surface area contributed by atoms with Crippen LogP contribution < -0.4 is 5.32 Å². The van der Waals surface area contributed by atoms with Gasteiger partial charge in [-0.15, -0.1) is 12.4 Å². The molecule has 2 aliphatic heterocycles. The molecule has 2 saturated heterocycles. The number of nitrogens with zero attached hydrogens (tertiary/aromatic N) is 2. The molecule has 0 spiro atoms. The number of piperazine rings is 1. The van der Waals surface area contributed by atoms with E-state index >= 15 is 0 Å². The topological polar surface area (TPSA) is 52.7 Å². The van der Waals surface area contributed by atoms with Gasteiger partial charge in [-0.2, -0.15) is 0 Å². The number of carbonyl (C=O) groups is 2. The van der Waals surface area contributed by atoms with Crippen molar-refractivity contribution < 1.29 is 9.59 Å². The van der Waals surface area contributed by atoms with Gasteiger partial charge in [-0.1, -0.05) is 13.8 Å². The molecule has 2 heterocycles. The molecule has 2 rings (SSSR count). The summed E-state index contributed by atoms with van der Waals surface area (Å²) < 4.78 is 0. The minimum absolute atomic E-state index is 0. The Bertz CT molecular complexity index is 373. The van der Waals surface area contributed by atoms with Crippen molar-refractivity contribution in [1.29, 1.82) is 0 Å². The molecule has 2 aliphatic rings. The van der Waals surface area contributed by atoms with Crippen LogP contribution in [0.4, 0.5) is 0 Å². The molecular weight excluding hydrogens is 290 g/mol. The van der Waals surface area contributed by atoms with Crippen LogP contribution in [0.5, 0.6) is 0 Å². The highest BCUT2D eigenvalue weighted by Crippen LogP contribution is 2.22. The summed E-state index contributed by atoms with van der Waals surface area (Å²) in [5.74, 6) is 0.433. The lowest BCUT2D eigenvalue weighted by molar-refractivity contribution is -0.145. The maximum absolute atomic E-state index is 12.6. The van der Waals surface area contributed by atoms with Gasteiger partial charge in [0.25, 0.3) is 0 Å². The van der Waals surface area contributed by atoms with Crippen molar-refractivity contribution in [3.05, 3.63) is 0 Å². The Hall–Kier alpha value is -0.810. The molecule has 122 valence electrons. The maximum Gasteiger partial charge on any atom is 0.242 e. The summed E-state index contributed by atoms with van der Waals surface area (Å²) >= 11 is 0. The van der Waals surface area contributed by atoms with Crippen molar-refractivity contribution in [2.24, 2.45) is 5.92 Å². The van der Waals surface area contributed by atoms with Crippen LogP contribution in [-0.4, -0.2) is 59.9 Å². The van der Waals surface area contributed by atoms with E-state index in [2.05, 4.69) is 5.32 Å². The number of hydrogen-bond acceptors (Lipinski definition) is 3. The Morgan fingerprint density at radius 2 is 1.62 bits per heavy atom. The van der Waals surface area contributed by atoms with Gasteiger partial charge in [0.1, 0.15) is 0 Å². The summed E-state index contributed by atoms with van der Waals surface area (Å²) in [6, 6.07) is 0. The fourth-order valence-electron chi connectivity index (χ4n) is 3.08. The summed E-state index contributed by atoms with van der Waals surface area (Å²) in [7, 11) is 0. The predicted molar refractivity (Wildman–Crippen MR) is 85.5 cm³/mol. The molecule has 2 fully saturated rings. The van der Waals surface area contributed by atoms with Gasteiger partial charge in [-0.3, -0.25) is 9.59 Å². The first-order chi connectivity index (χ1) is 9.44. The Morgan fingerprint density at radius 3 is 2.10 bits per heavy atom. The molecule has 21 heavy (non-hydrogen) atoms. The number of rotatable bonds is 2. The highest BCUT2D eigenvalue weighted by Gasteiger charge is 2.38. The molecule has 0 saturated carbocycles. The normalized spacial score (nSPS) is 26.5. The minimum Gasteiger partial charge on any atom is -0.339 e. The number of carbonyl (C=O) groups excluding carboxylic acids is 2. The molecule has 2 amide bonds. The molecule has 0 radical (unpaired) electrons. The van der Waals surface area contributed by atoms with E-state index in [0.717, 1.165) is 25.8 Å². The van der Waals surface area contributed by atoms with E-state index < -0.39 is 5.54 Å². The van der Waals surface area contributed by atoms with Crippen molar-refractivity contribution in [3.8, 4) is 0 Å². The lowest BCUT2D eigenvalue weighted by Crippen LogP contribution is -2.61. The lowest BCUT2D eigenvalue weighted by Gasteiger charge is -2.42. The van der Waals surface area contributed by atoms with E-state index in [-0.39, 0.29) is 30.1 Å². The smallest absolute Gasteiger partial charge is 0.242 e. The second-order valence-corrected chi connectivity index (χ2v) is 6.49. The van der Waals surface area contributed by atoms with E-state index in [4.69, 9.17) is 0 Å². The summed E-state index contributed by atoms with van der Waals surface area (Å²) in [4.78, 5) is 28.4. The molecule has 0 aromatic carbocycles. The fraction of sp³-hybridized carbons (Fsp3) is 0.867. The zero-order valence-electron chi connectivity index (χ0n) is 13.4. The summed E-state index contributed by atoms with van der Waals surface area (Å²) in [5.41, 5.74) is -0.400. The molecule has 1 unspecified atom stereocenters. The van der Waals surface area contributed by atoms with Crippen molar-refractivity contribution in [2.45, 2.75) is 45.6 Å². The van der Waals surface area contributed by atoms with E-state index in [1.807, 2.05) is 30.6 Å². The largest absolute Gasteiger partial charge is 0.339 e. The summed E-state index contributed by atoms with van der Waals surface area (Å²) in [5, 5.41) is 3.37. The van der Waals surface area contributed by atoms with E-state index in [0.29, 0.717) is 26.2 Å². The molecule has 0 aromatic rings. The molecule has 0 bridgehead atoms. The molecule has 1 atom stereocenters. The van der Waals surface area contributed by atoms with Gasteiger partial charge in [-0.25, -0.2) is 0 Å². The van der Waals surface area contributed by atoms with Crippen LogP contribution in [0.1, 0.15) is 40.0 Å². The molecule has 0 aromatic heterocycles.